The van der Waals surface area contributed by atoms with Gasteiger partial charge in [-0.25, -0.2) is 0 Å². The lowest BCUT2D eigenvalue weighted by Gasteiger charge is -2.36. The van der Waals surface area contributed by atoms with Gasteiger partial charge in [-0.3, -0.25) is 4.79 Å². The van der Waals surface area contributed by atoms with Crippen LogP contribution in [0.15, 0.2) is 0 Å². The minimum Gasteiger partial charge on any atom is -0.444 e. The molecule has 0 unspecified atom stereocenters. The van der Waals surface area contributed by atoms with Crippen molar-refractivity contribution in [2.45, 2.75) is 147 Å². The Balaban J connectivity index is 1.62. The lowest BCUT2D eigenvalue weighted by atomic mass is 10.00. The zero-order valence-electron chi connectivity index (χ0n) is 18.1. The average molecular weight is 397 g/mol. The highest BCUT2D eigenvalue weighted by atomic mass is 31.1. The molecule has 0 aromatic carbocycles. The van der Waals surface area contributed by atoms with Gasteiger partial charge in [0.1, 0.15) is 0 Å². The maximum absolute atomic E-state index is 12.5. The molecule has 0 N–H and O–H groups in total. The lowest BCUT2D eigenvalue weighted by Crippen LogP contribution is -2.23. The van der Waals surface area contributed by atoms with Crippen LogP contribution in [0.2, 0.25) is 0 Å². The summed E-state index contributed by atoms with van der Waals surface area (Å²) in [6.07, 6.45) is 25.8. The largest absolute Gasteiger partial charge is 0.444 e. The fourth-order valence-corrected chi connectivity index (χ4v) is 7.83. The number of rotatable bonds is 13. The first-order chi connectivity index (χ1) is 13.3. The highest BCUT2D eigenvalue weighted by molar-refractivity contribution is 7.54. The Bertz CT molecular complexity index is 355. The summed E-state index contributed by atoms with van der Waals surface area (Å²) < 4.78 is 6.23. The summed E-state index contributed by atoms with van der Waals surface area (Å²) in [5.41, 5.74) is 1.42. The molecule has 2 fully saturated rings. The van der Waals surface area contributed by atoms with Crippen molar-refractivity contribution >= 4 is 14.1 Å². The molecule has 0 saturated heterocycles. The highest BCUT2D eigenvalue weighted by Crippen LogP contribution is 2.56. The Kier molecular flexibility index (Phi) is 12.7. The summed E-state index contributed by atoms with van der Waals surface area (Å²) in [6, 6.07) is 0. The smallest absolute Gasteiger partial charge is 0.308 e. The molecule has 0 amide bonds. The van der Waals surface area contributed by atoms with Crippen molar-refractivity contribution in [1.29, 1.82) is 0 Å². The average Bonchev–Trinajstić information content (AvgIpc) is 2.72. The van der Waals surface area contributed by atoms with Gasteiger partial charge in [-0.15, -0.1) is 0 Å². The summed E-state index contributed by atoms with van der Waals surface area (Å²) in [4.78, 5) is 12.5. The van der Waals surface area contributed by atoms with Crippen LogP contribution in [0, 0.1) is 0 Å². The van der Waals surface area contributed by atoms with Crippen molar-refractivity contribution in [3.05, 3.63) is 0 Å². The van der Waals surface area contributed by atoms with Crippen molar-refractivity contribution < 1.29 is 9.32 Å². The molecule has 27 heavy (non-hydrogen) atoms. The number of hydrogen-bond donors (Lipinski definition) is 0. The Morgan fingerprint density at radius 2 is 1.15 bits per heavy atom. The van der Waals surface area contributed by atoms with Crippen LogP contribution in [-0.4, -0.2) is 17.3 Å². The second kappa shape index (κ2) is 14.8. The third-order valence-corrected chi connectivity index (χ3v) is 9.45. The fourth-order valence-electron chi connectivity index (χ4n) is 4.86. The van der Waals surface area contributed by atoms with E-state index < -0.39 is 8.15 Å². The van der Waals surface area contributed by atoms with E-state index in [1.165, 1.54) is 116 Å². The monoisotopic (exact) mass is 396 g/mol. The quantitative estimate of drug-likeness (QED) is 0.230. The van der Waals surface area contributed by atoms with E-state index in [1.54, 1.807) is 0 Å². The molecule has 3 heteroatoms. The molecular weight excluding hydrogens is 351 g/mol. The molecule has 0 heterocycles. The van der Waals surface area contributed by atoms with Crippen molar-refractivity contribution in [3.8, 4) is 0 Å². The molecule has 0 bridgehead atoms. The van der Waals surface area contributed by atoms with Crippen LogP contribution in [0.3, 0.4) is 0 Å². The molecule has 0 aliphatic heterocycles. The van der Waals surface area contributed by atoms with Gasteiger partial charge in [-0.05, 0) is 32.1 Å². The zero-order chi connectivity index (χ0) is 19.2. The zero-order valence-corrected chi connectivity index (χ0v) is 19.0. The van der Waals surface area contributed by atoms with Crippen LogP contribution in [0.1, 0.15) is 135 Å². The second-order valence-corrected chi connectivity index (χ2v) is 11.3. The van der Waals surface area contributed by atoms with E-state index in [2.05, 4.69) is 6.92 Å². The first kappa shape index (κ1) is 23.2. The molecule has 2 nitrogen and oxygen atoms in total. The maximum Gasteiger partial charge on any atom is 0.308 e. The minimum atomic E-state index is -0.522. The standard InChI is InChI=1S/C24H45O2P/c1-2-3-4-5-6-7-8-9-16-21-24(25)26-27(22-17-12-10-13-18-22)23-19-14-11-15-20-23/h22-23H,2-21H2,1H3. The minimum absolute atomic E-state index is 0.125. The van der Waals surface area contributed by atoms with Crippen molar-refractivity contribution in [2.75, 3.05) is 0 Å². The lowest BCUT2D eigenvalue weighted by molar-refractivity contribution is -0.134. The van der Waals surface area contributed by atoms with Gasteiger partial charge in [0.25, 0.3) is 0 Å². The van der Waals surface area contributed by atoms with Crippen LogP contribution in [0.25, 0.3) is 0 Å². The summed E-state index contributed by atoms with van der Waals surface area (Å²) >= 11 is 0. The van der Waals surface area contributed by atoms with E-state index in [-0.39, 0.29) is 5.97 Å². The van der Waals surface area contributed by atoms with Crippen molar-refractivity contribution in [2.24, 2.45) is 0 Å². The molecule has 2 rings (SSSR count). The van der Waals surface area contributed by atoms with Gasteiger partial charge in [-0.1, -0.05) is 96.8 Å². The summed E-state index contributed by atoms with van der Waals surface area (Å²) in [5.74, 6) is 0.125. The molecule has 2 aliphatic carbocycles. The van der Waals surface area contributed by atoms with Crippen molar-refractivity contribution in [3.63, 3.8) is 0 Å². The first-order valence-electron chi connectivity index (χ1n) is 12.3. The molecule has 2 saturated carbocycles. The van der Waals surface area contributed by atoms with Gasteiger partial charge in [0.05, 0.1) is 8.15 Å². The second-order valence-electron chi connectivity index (χ2n) is 8.99. The van der Waals surface area contributed by atoms with Crippen LogP contribution in [0.4, 0.5) is 0 Å². The normalized spacial score (nSPS) is 19.5. The summed E-state index contributed by atoms with van der Waals surface area (Å²) in [6.45, 7) is 2.27. The van der Waals surface area contributed by atoms with Gasteiger partial charge in [0.15, 0.2) is 0 Å². The molecule has 0 aromatic heterocycles. The number of unbranched alkanes of at least 4 members (excludes halogenated alkanes) is 8. The first-order valence-corrected chi connectivity index (χ1v) is 13.7. The van der Waals surface area contributed by atoms with E-state index in [0.717, 1.165) is 6.42 Å². The van der Waals surface area contributed by atoms with Crippen LogP contribution >= 0.6 is 8.15 Å². The molecule has 2 aliphatic rings. The molecule has 0 radical (unpaired) electrons. The molecule has 0 aromatic rings. The van der Waals surface area contributed by atoms with Gasteiger partial charge in [0.2, 0.25) is 0 Å². The van der Waals surface area contributed by atoms with Gasteiger partial charge < -0.3 is 4.52 Å². The van der Waals surface area contributed by atoms with E-state index in [1.807, 2.05) is 0 Å². The predicted molar refractivity (Wildman–Crippen MR) is 119 cm³/mol. The van der Waals surface area contributed by atoms with Gasteiger partial charge in [-0.2, -0.15) is 0 Å². The van der Waals surface area contributed by atoms with Crippen LogP contribution < -0.4 is 0 Å². The SMILES string of the molecule is CCCCCCCCCCCC(=O)OP(C1CCCCC1)C1CCCCC1. The Hall–Kier alpha value is -0.100. The van der Waals surface area contributed by atoms with E-state index >= 15 is 0 Å². The van der Waals surface area contributed by atoms with E-state index in [0.29, 0.717) is 17.7 Å². The topological polar surface area (TPSA) is 26.3 Å². The summed E-state index contributed by atoms with van der Waals surface area (Å²) in [5, 5.41) is 0. The number of hydrogen-bond acceptors (Lipinski definition) is 2. The molecule has 158 valence electrons. The molecule has 0 atom stereocenters. The molecular formula is C24H45O2P. The highest BCUT2D eigenvalue weighted by Gasteiger charge is 2.34. The Morgan fingerprint density at radius 3 is 1.63 bits per heavy atom. The van der Waals surface area contributed by atoms with Crippen LogP contribution in [0.5, 0.6) is 0 Å². The Morgan fingerprint density at radius 1 is 0.704 bits per heavy atom. The maximum atomic E-state index is 12.5. The van der Waals surface area contributed by atoms with Gasteiger partial charge >= 0.3 is 5.97 Å². The van der Waals surface area contributed by atoms with E-state index in [4.69, 9.17) is 4.52 Å². The fraction of sp³-hybridized carbons (Fsp3) is 0.958. The molecule has 0 spiro atoms. The van der Waals surface area contributed by atoms with Gasteiger partial charge in [0, 0.05) is 17.7 Å². The Labute approximate surface area is 170 Å². The van der Waals surface area contributed by atoms with E-state index in [9.17, 15) is 4.79 Å². The predicted octanol–water partition coefficient (Wildman–Crippen LogP) is 8.51. The van der Waals surface area contributed by atoms with Crippen LogP contribution in [-0.2, 0) is 9.32 Å². The third kappa shape index (κ3) is 9.78. The number of carbonyl (C=O) groups is 1. The van der Waals surface area contributed by atoms with Crippen molar-refractivity contribution in [1.82, 2.24) is 0 Å². The third-order valence-electron chi connectivity index (χ3n) is 6.56. The summed E-state index contributed by atoms with van der Waals surface area (Å²) in [7, 11) is -0.522. The number of carbonyl (C=O) groups excluding carboxylic acids is 1.